The van der Waals surface area contributed by atoms with E-state index in [0.29, 0.717) is 18.7 Å². The van der Waals surface area contributed by atoms with Crippen molar-refractivity contribution in [3.8, 4) is 0 Å². The van der Waals surface area contributed by atoms with Gasteiger partial charge < -0.3 is 16.0 Å². The fourth-order valence-corrected chi connectivity index (χ4v) is 2.08. The number of carbonyl (C=O) groups is 2. The van der Waals surface area contributed by atoms with Gasteiger partial charge in [-0.2, -0.15) is 0 Å². The number of anilines is 2. The van der Waals surface area contributed by atoms with Crippen molar-refractivity contribution in [3.63, 3.8) is 0 Å². The number of amides is 2. The maximum atomic E-state index is 14.0. The number of hydrogen-bond donors (Lipinski definition) is 2. The van der Waals surface area contributed by atoms with Gasteiger partial charge >= 0.3 is 0 Å². The molecule has 0 bridgehead atoms. The first kappa shape index (κ1) is 17.4. The highest BCUT2D eigenvalue weighted by atomic mass is 35.5. The van der Waals surface area contributed by atoms with E-state index in [-0.39, 0.29) is 42.4 Å². The summed E-state index contributed by atoms with van der Waals surface area (Å²) in [6.07, 6.45) is 1.19. The number of carbonyl (C=O) groups excluding carboxylic acids is 2. The molecule has 3 N–H and O–H groups in total. The number of nitrogens with zero attached hydrogens (tertiary/aromatic N) is 1. The Morgan fingerprint density at radius 2 is 2.24 bits per heavy atom. The van der Waals surface area contributed by atoms with Crippen molar-refractivity contribution < 1.29 is 14.0 Å². The van der Waals surface area contributed by atoms with Gasteiger partial charge in [-0.3, -0.25) is 9.59 Å². The zero-order chi connectivity index (χ0) is 14.7. The Morgan fingerprint density at radius 3 is 2.76 bits per heavy atom. The molecule has 2 amide bonds. The molecule has 1 atom stereocenters. The topological polar surface area (TPSA) is 75.4 Å². The lowest BCUT2D eigenvalue weighted by Gasteiger charge is -2.17. The molecule has 1 aromatic carbocycles. The van der Waals surface area contributed by atoms with E-state index in [1.54, 1.807) is 13.0 Å². The van der Waals surface area contributed by atoms with Crippen LogP contribution in [0.5, 0.6) is 0 Å². The number of nitrogens with one attached hydrogen (secondary N) is 1. The van der Waals surface area contributed by atoms with E-state index in [1.165, 1.54) is 17.0 Å². The van der Waals surface area contributed by atoms with Crippen LogP contribution in [-0.2, 0) is 9.59 Å². The molecule has 7 heteroatoms. The quantitative estimate of drug-likeness (QED) is 0.891. The van der Waals surface area contributed by atoms with Crippen molar-refractivity contribution in [2.75, 3.05) is 23.3 Å². The summed E-state index contributed by atoms with van der Waals surface area (Å²) in [5.74, 6) is -1.18. The standard InChI is InChI=1S/C14H18FN3O2.ClH/c1-9(8-16)14(20)17-10-4-5-12(11(15)7-10)18-6-2-3-13(18)19;/h4-5,7,9H,2-3,6,8,16H2,1H3,(H,17,20);1H. The van der Waals surface area contributed by atoms with Crippen molar-refractivity contribution in [3.05, 3.63) is 24.0 Å². The second-order valence-electron chi connectivity index (χ2n) is 4.94. The second-order valence-corrected chi connectivity index (χ2v) is 4.94. The molecule has 1 fully saturated rings. The van der Waals surface area contributed by atoms with Crippen molar-refractivity contribution in [1.82, 2.24) is 0 Å². The minimum absolute atomic E-state index is 0. The zero-order valence-electron chi connectivity index (χ0n) is 11.8. The normalized spacial score (nSPS) is 15.6. The molecule has 1 aliphatic rings. The summed E-state index contributed by atoms with van der Waals surface area (Å²) in [6.45, 7) is 2.46. The van der Waals surface area contributed by atoms with Crippen molar-refractivity contribution in [1.29, 1.82) is 0 Å². The van der Waals surface area contributed by atoms with Crippen molar-refractivity contribution in [2.45, 2.75) is 19.8 Å². The molecular formula is C14H19ClFN3O2. The fourth-order valence-electron chi connectivity index (χ4n) is 2.08. The first-order valence-electron chi connectivity index (χ1n) is 6.63. The van der Waals surface area contributed by atoms with E-state index >= 15 is 0 Å². The smallest absolute Gasteiger partial charge is 0.228 e. The molecule has 21 heavy (non-hydrogen) atoms. The lowest BCUT2D eigenvalue weighted by molar-refractivity contribution is -0.119. The molecule has 0 radical (unpaired) electrons. The Morgan fingerprint density at radius 1 is 1.52 bits per heavy atom. The van der Waals surface area contributed by atoms with E-state index in [1.807, 2.05) is 0 Å². The predicted octanol–water partition coefficient (Wildman–Crippen LogP) is 1.91. The molecule has 0 spiro atoms. The van der Waals surface area contributed by atoms with Gasteiger partial charge in [-0.05, 0) is 24.6 Å². The summed E-state index contributed by atoms with van der Waals surface area (Å²) in [6, 6.07) is 4.33. The van der Waals surface area contributed by atoms with E-state index < -0.39 is 5.82 Å². The van der Waals surface area contributed by atoms with Gasteiger partial charge in [0.25, 0.3) is 0 Å². The summed E-state index contributed by atoms with van der Waals surface area (Å²) in [5.41, 5.74) is 6.03. The van der Waals surface area contributed by atoms with Gasteiger partial charge in [-0.25, -0.2) is 4.39 Å². The predicted molar refractivity (Wildman–Crippen MR) is 82.1 cm³/mol. The third kappa shape index (κ3) is 3.92. The Kier molecular flexibility index (Phi) is 6.11. The molecule has 0 aliphatic carbocycles. The van der Waals surface area contributed by atoms with Crippen molar-refractivity contribution in [2.24, 2.45) is 11.7 Å². The van der Waals surface area contributed by atoms with Crippen LogP contribution in [0.25, 0.3) is 0 Å². The maximum absolute atomic E-state index is 14.0. The van der Waals surface area contributed by atoms with Gasteiger partial charge in [0.1, 0.15) is 5.82 Å². The zero-order valence-corrected chi connectivity index (χ0v) is 12.6. The summed E-state index contributed by atoms with van der Waals surface area (Å²) < 4.78 is 14.0. The van der Waals surface area contributed by atoms with Gasteiger partial charge in [0.2, 0.25) is 11.8 Å². The Hall–Kier alpha value is -1.66. The van der Waals surface area contributed by atoms with Crippen LogP contribution in [0.4, 0.5) is 15.8 Å². The van der Waals surface area contributed by atoms with Crippen LogP contribution >= 0.6 is 12.4 Å². The number of hydrogen-bond acceptors (Lipinski definition) is 3. The first-order valence-corrected chi connectivity index (χ1v) is 6.63. The molecule has 1 unspecified atom stereocenters. The van der Waals surface area contributed by atoms with Gasteiger partial charge in [-0.15, -0.1) is 12.4 Å². The molecule has 5 nitrogen and oxygen atoms in total. The first-order chi connectivity index (χ1) is 9.52. The van der Waals surface area contributed by atoms with Crippen LogP contribution < -0.4 is 16.0 Å². The van der Waals surface area contributed by atoms with Crippen LogP contribution in [0.3, 0.4) is 0 Å². The molecule has 1 heterocycles. The molecule has 116 valence electrons. The second kappa shape index (κ2) is 7.38. The Labute approximate surface area is 129 Å². The SMILES string of the molecule is CC(CN)C(=O)Nc1ccc(N2CCCC2=O)c(F)c1.Cl. The number of halogens is 2. The van der Waals surface area contributed by atoms with E-state index in [4.69, 9.17) is 5.73 Å². The highest BCUT2D eigenvalue weighted by molar-refractivity contribution is 5.96. The average Bonchev–Trinajstić information content (AvgIpc) is 2.84. The van der Waals surface area contributed by atoms with E-state index in [9.17, 15) is 14.0 Å². The number of benzene rings is 1. The lowest BCUT2D eigenvalue weighted by atomic mass is 10.1. The van der Waals surface area contributed by atoms with Crippen LogP contribution in [-0.4, -0.2) is 24.9 Å². The average molecular weight is 316 g/mol. The molecule has 1 saturated heterocycles. The third-order valence-electron chi connectivity index (χ3n) is 3.38. The third-order valence-corrected chi connectivity index (χ3v) is 3.38. The van der Waals surface area contributed by atoms with E-state index in [2.05, 4.69) is 5.32 Å². The summed E-state index contributed by atoms with van der Waals surface area (Å²) in [5, 5.41) is 2.60. The van der Waals surface area contributed by atoms with Gasteiger partial charge in [0.05, 0.1) is 5.69 Å². The molecule has 1 aromatic rings. The minimum Gasteiger partial charge on any atom is -0.330 e. The Balaban J connectivity index is 0.00000220. The maximum Gasteiger partial charge on any atom is 0.228 e. The molecule has 0 aromatic heterocycles. The van der Waals surface area contributed by atoms with E-state index in [0.717, 1.165) is 6.42 Å². The fraction of sp³-hybridized carbons (Fsp3) is 0.429. The van der Waals surface area contributed by atoms with Gasteiger partial charge in [-0.1, -0.05) is 6.92 Å². The van der Waals surface area contributed by atoms with Crippen LogP contribution in [0, 0.1) is 11.7 Å². The summed E-state index contributed by atoms with van der Waals surface area (Å²) in [7, 11) is 0. The van der Waals surface area contributed by atoms with Crippen LogP contribution in [0.15, 0.2) is 18.2 Å². The van der Waals surface area contributed by atoms with Crippen LogP contribution in [0.1, 0.15) is 19.8 Å². The molecule has 1 aliphatic heterocycles. The van der Waals surface area contributed by atoms with Crippen LogP contribution in [0.2, 0.25) is 0 Å². The molecular weight excluding hydrogens is 297 g/mol. The monoisotopic (exact) mass is 315 g/mol. The van der Waals surface area contributed by atoms with Gasteiger partial charge in [0.15, 0.2) is 0 Å². The molecule has 0 saturated carbocycles. The van der Waals surface area contributed by atoms with Gasteiger partial charge in [0, 0.05) is 31.1 Å². The number of rotatable bonds is 4. The highest BCUT2D eigenvalue weighted by Gasteiger charge is 2.24. The van der Waals surface area contributed by atoms with Crippen molar-refractivity contribution >= 4 is 35.6 Å². The Bertz CT molecular complexity index is 539. The number of nitrogens with two attached hydrogens (primary N) is 1. The molecule has 2 rings (SSSR count). The minimum atomic E-state index is -0.515. The summed E-state index contributed by atoms with van der Waals surface area (Å²) in [4.78, 5) is 24.7. The summed E-state index contributed by atoms with van der Waals surface area (Å²) >= 11 is 0. The lowest BCUT2D eigenvalue weighted by Crippen LogP contribution is -2.27. The largest absolute Gasteiger partial charge is 0.330 e. The highest BCUT2D eigenvalue weighted by Crippen LogP contribution is 2.26.